The highest BCUT2D eigenvalue weighted by atomic mass is 32.2. The predicted molar refractivity (Wildman–Crippen MR) is 113 cm³/mol. The third kappa shape index (κ3) is 3.50. The Morgan fingerprint density at radius 1 is 1.30 bits per heavy atom. The van der Waals surface area contributed by atoms with Crippen molar-refractivity contribution in [3.8, 4) is 5.75 Å². The molecule has 10 heteroatoms. The molecule has 1 atom stereocenters. The van der Waals surface area contributed by atoms with Gasteiger partial charge in [0, 0.05) is 22.6 Å². The van der Waals surface area contributed by atoms with Crippen molar-refractivity contribution < 1.29 is 14.5 Å². The number of hydrazone groups is 1. The standard InChI is InChI=1S/C20H19N5O4S/c1-3-10-30-20-22-19(26)17-13-6-4-5-7-14(13)21-18(24(17)23-20)12-8-9-16(29-2)15(11-12)25(27)28/h4-9,11,18H,3,10H2,1-2H3,(H,22,23,26)/t18-/m0/s1. The summed E-state index contributed by atoms with van der Waals surface area (Å²) >= 11 is 1.44. The number of fused-ring (bicyclic) bond motifs is 2. The van der Waals surface area contributed by atoms with Gasteiger partial charge in [-0.1, -0.05) is 43.0 Å². The molecule has 154 valence electrons. The summed E-state index contributed by atoms with van der Waals surface area (Å²) < 4.78 is 5.10. The number of para-hydroxylation sites is 1. The summed E-state index contributed by atoms with van der Waals surface area (Å²) in [5, 5.41) is 22.3. The summed E-state index contributed by atoms with van der Waals surface area (Å²) in [6.07, 6.45) is 0.208. The molecule has 2 aliphatic rings. The summed E-state index contributed by atoms with van der Waals surface area (Å²) in [7, 11) is 1.38. The molecule has 2 aliphatic heterocycles. The van der Waals surface area contributed by atoms with Gasteiger partial charge in [0.15, 0.2) is 17.1 Å². The van der Waals surface area contributed by atoms with Crippen LogP contribution >= 0.6 is 11.8 Å². The van der Waals surface area contributed by atoms with Gasteiger partial charge in [0.25, 0.3) is 5.91 Å². The van der Waals surface area contributed by atoms with Gasteiger partial charge in [-0.05, 0) is 18.6 Å². The monoisotopic (exact) mass is 425 g/mol. The van der Waals surface area contributed by atoms with Crippen LogP contribution in [0, 0.1) is 10.1 Å². The van der Waals surface area contributed by atoms with E-state index in [4.69, 9.17) is 9.73 Å². The Hall–Kier alpha value is -3.40. The number of hydrogen-bond acceptors (Lipinski definition) is 8. The molecule has 2 aromatic rings. The normalized spacial score (nSPS) is 17.3. The third-order valence-electron chi connectivity index (χ3n) is 4.66. The van der Waals surface area contributed by atoms with Gasteiger partial charge in [-0.15, -0.1) is 5.10 Å². The molecule has 0 unspecified atom stereocenters. The van der Waals surface area contributed by atoms with Gasteiger partial charge in [-0.3, -0.25) is 25.2 Å². The SMILES string of the molecule is CCCSC1=NN2C(=c3ccccc3=N[C@@H]2c2ccc(OC)c([N+](=O)[O-])c2)C(=O)N1. The van der Waals surface area contributed by atoms with E-state index in [1.807, 2.05) is 31.2 Å². The first-order valence-electron chi connectivity index (χ1n) is 9.35. The maximum Gasteiger partial charge on any atom is 0.311 e. The fourth-order valence-electron chi connectivity index (χ4n) is 3.32. The highest BCUT2D eigenvalue weighted by molar-refractivity contribution is 8.13. The Kier molecular flexibility index (Phi) is 5.40. The van der Waals surface area contributed by atoms with Crippen LogP contribution < -0.4 is 20.6 Å². The lowest BCUT2D eigenvalue weighted by molar-refractivity contribution is -0.385. The summed E-state index contributed by atoms with van der Waals surface area (Å²) in [5.41, 5.74) is 0.731. The number of carbonyl (C=O) groups is 1. The van der Waals surface area contributed by atoms with Crippen LogP contribution in [-0.4, -0.2) is 33.9 Å². The molecule has 1 N–H and O–H groups in total. The maximum absolute atomic E-state index is 13.0. The zero-order valence-corrected chi connectivity index (χ0v) is 17.2. The van der Waals surface area contributed by atoms with Crippen LogP contribution in [0.2, 0.25) is 0 Å². The van der Waals surface area contributed by atoms with Crippen molar-refractivity contribution in [2.24, 2.45) is 10.1 Å². The van der Waals surface area contributed by atoms with Crippen LogP contribution in [0.5, 0.6) is 5.75 Å². The molecule has 0 fully saturated rings. The maximum atomic E-state index is 13.0. The summed E-state index contributed by atoms with van der Waals surface area (Å²) in [6.45, 7) is 2.04. The second-order valence-electron chi connectivity index (χ2n) is 6.61. The van der Waals surface area contributed by atoms with Crippen LogP contribution in [-0.2, 0) is 4.79 Å². The Bertz CT molecular complexity index is 1180. The summed E-state index contributed by atoms with van der Waals surface area (Å²) in [6, 6.07) is 11.9. The number of benzene rings is 2. The first-order valence-corrected chi connectivity index (χ1v) is 10.3. The van der Waals surface area contributed by atoms with Crippen molar-refractivity contribution in [2.45, 2.75) is 19.5 Å². The number of amidine groups is 1. The minimum Gasteiger partial charge on any atom is -0.490 e. The van der Waals surface area contributed by atoms with E-state index in [2.05, 4.69) is 10.4 Å². The summed E-state index contributed by atoms with van der Waals surface area (Å²) in [4.78, 5) is 28.7. The molecule has 0 radical (unpaired) electrons. The van der Waals surface area contributed by atoms with Gasteiger partial charge in [-0.2, -0.15) is 0 Å². The lowest BCUT2D eigenvalue weighted by Crippen LogP contribution is -2.50. The molecule has 4 rings (SSSR count). The molecule has 0 bridgehead atoms. The predicted octanol–water partition coefficient (Wildman–Crippen LogP) is 1.89. The van der Waals surface area contributed by atoms with Crippen LogP contribution in [0.1, 0.15) is 25.1 Å². The van der Waals surface area contributed by atoms with Crippen LogP contribution in [0.15, 0.2) is 52.6 Å². The van der Waals surface area contributed by atoms with E-state index in [0.29, 0.717) is 27.0 Å². The molecule has 2 aromatic carbocycles. The van der Waals surface area contributed by atoms with E-state index in [1.165, 1.54) is 31.0 Å². The quantitative estimate of drug-likeness (QED) is 0.579. The molecule has 0 saturated heterocycles. The number of carbonyl (C=O) groups excluding carboxylic acids is 1. The number of nitro groups is 1. The van der Waals surface area contributed by atoms with Gasteiger partial charge in [0.1, 0.15) is 5.70 Å². The van der Waals surface area contributed by atoms with E-state index in [1.54, 1.807) is 11.1 Å². The van der Waals surface area contributed by atoms with Gasteiger partial charge in [0.05, 0.1) is 17.4 Å². The molecule has 9 nitrogen and oxygen atoms in total. The fraction of sp³-hybridized carbons (Fsp3) is 0.250. The fourth-order valence-corrected chi connectivity index (χ4v) is 4.03. The van der Waals surface area contributed by atoms with Crippen molar-refractivity contribution in [1.29, 1.82) is 0 Å². The second kappa shape index (κ2) is 8.15. The van der Waals surface area contributed by atoms with E-state index in [-0.39, 0.29) is 17.3 Å². The smallest absolute Gasteiger partial charge is 0.311 e. The van der Waals surface area contributed by atoms with Gasteiger partial charge in [0.2, 0.25) is 0 Å². The van der Waals surface area contributed by atoms with Crippen molar-refractivity contribution in [1.82, 2.24) is 10.3 Å². The number of ether oxygens (including phenoxy) is 1. The van der Waals surface area contributed by atoms with E-state index in [0.717, 1.165) is 12.2 Å². The van der Waals surface area contributed by atoms with Gasteiger partial charge < -0.3 is 4.74 Å². The van der Waals surface area contributed by atoms with Crippen molar-refractivity contribution in [3.63, 3.8) is 0 Å². The number of nitrogens with one attached hydrogen (secondary N) is 1. The minimum absolute atomic E-state index is 0.156. The Labute approximate surface area is 176 Å². The molecule has 0 saturated carbocycles. The van der Waals surface area contributed by atoms with Crippen LogP contribution in [0.3, 0.4) is 0 Å². The Morgan fingerprint density at radius 2 is 2.10 bits per heavy atom. The number of hydrogen-bond donors (Lipinski definition) is 1. The van der Waals surface area contributed by atoms with E-state index >= 15 is 0 Å². The van der Waals surface area contributed by atoms with Crippen molar-refractivity contribution in [3.05, 3.63) is 68.7 Å². The molecule has 0 aromatic heterocycles. The number of amides is 1. The topological polar surface area (TPSA) is 109 Å². The molecule has 0 spiro atoms. The van der Waals surface area contributed by atoms with Gasteiger partial charge >= 0.3 is 5.69 Å². The second-order valence-corrected chi connectivity index (χ2v) is 7.69. The average Bonchev–Trinajstić information content (AvgIpc) is 2.76. The first-order chi connectivity index (χ1) is 14.5. The molecular formula is C20H19N5O4S. The van der Waals surface area contributed by atoms with Crippen molar-refractivity contribution >= 4 is 34.2 Å². The molecule has 2 heterocycles. The van der Waals surface area contributed by atoms with Gasteiger partial charge in [-0.25, -0.2) is 5.01 Å². The largest absolute Gasteiger partial charge is 0.490 e. The van der Waals surface area contributed by atoms with Crippen molar-refractivity contribution in [2.75, 3.05) is 12.9 Å². The number of thioether (sulfide) groups is 1. The zero-order chi connectivity index (χ0) is 21.3. The summed E-state index contributed by atoms with van der Waals surface area (Å²) in [5.74, 6) is 0.677. The Morgan fingerprint density at radius 3 is 2.83 bits per heavy atom. The number of rotatable bonds is 5. The number of nitrogens with zero attached hydrogens (tertiary/aromatic N) is 4. The van der Waals surface area contributed by atoms with E-state index < -0.39 is 11.1 Å². The highest BCUT2D eigenvalue weighted by Crippen LogP contribution is 2.35. The van der Waals surface area contributed by atoms with E-state index in [9.17, 15) is 14.9 Å². The Balaban J connectivity index is 1.90. The lowest BCUT2D eigenvalue weighted by atomic mass is 10.1. The number of nitro benzene ring substituents is 1. The number of methoxy groups -OCH3 is 1. The average molecular weight is 425 g/mol. The highest BCUT2D eigenvalue weighted by Gasteiger charge is 2.35. The zero-order valence-electron chi connectivity index (χ0n) is 16.4. The van der Waals surface area contributed by atoms with Crippen LogP contribution in [0.4, 0.5) is 5.69 Å². The minimum atomic E-state index is -0.720. The molecule has 30 heavy (non-hydrogen) atoms. The first kappa shape index (κ1) is 19.9. The molecular weight excluding hydrogens is 406 g/mol. The lowest BCUT2D eigenvalue weighted by Gasteiger charge is -2.34. The molecule has 0 aliphatic carbocycles. The molecule has 1 amide bonds. The third-order valence-corrected chi connectivity index (χ3v) is 5.73. The van der Waals surface area contributed by atoms with Crippen LogP contribution in [0.25, 0.3) is 5.70 Å².